The number of ketones is 1. The number of benzene rings is 2. The van der Waals surface area contributed by atoms with E-state index >= 15 is 0 Å². The van der Waals surface area contributed by atoms with Gasteiger partial charge in [-0.2, -0.15) is 0 Å². The fourth-order valence-corrected chi connectivity index (χ4v) is 2.78. The standard InChI is InChI=1S/C21H25NO3/c1-6-19(23)17-7-9-18(10-8-17)25-16(5)21(24)22-20-14(3)11-13(2)12-15(20)4/h7-12,16H,6H2,1-5H3,(H,22,24)/t16-/m1/s1. The highest BCUT2D eigenvalue weighted by molar-refractivity contribution is 5.96. The molecule has 2 aromatic carbocycles. The zero-order valence-corrected chi connectivity index (χ0v) is 15.5. The summed E-state index contributed by atoms with van der Waals surface area (Å²) < 4.78 is 5.70. The van der Waals surface area contributed by atoms with E-state index in [0.717, 1.165) is 16.8 Å². The molecule has 0 saturated heterocycles. The first-order valence-electron chi connectivity index (χ1n) is 8.50. The third-order valence-electron chi connectivity index (χ3n) is 4.10. The number of aryl methyl sites for hydroxylation is 3. The van der Waals surface area contributed by atoms with E-state index in [0.29, 0.717) is 17.7 Å². The van der Waals surface area contributed by atoms with Crippen molar-refractivity contribution in [2.24, 2.45) is 0 Å². The van der Waals surface area contributed by atoms with Crippen molar-refractivity contribution in [3.05, 3.63) is 58.7 Å². The number of nitrogens with one attached hydrogen (secondary N) is 1. The molecule has 0 aliphatic carbocycles. The summed E-state index contributed by atoms with van der Waals surface area (Å²) in [5.41, 5.74) is 4.70. The van der Waals surface area contributed by atoms with Gasteiger partial charge in [-0.3, -0.25) is 9.59 Å². The summed E-state index contributed by atoms with van der Waals surface area (Å²) in [6.45, 7) is 9.52. The molecule has 0 heterocycles. The van der Waals surface area contributed by atoms with Gasteiger partial charge in [0.15, 0.2) is 11.9 Å². The Bertz CT molecular complexity index is 755. The van der Waals surface area contributed by atoms with Crippen LogP contribution < -0.4 is 10.1 Å². The molecular weight excluding hydrogens is 314 g/mol. The molecule has 1 amide bonds. The van der Waals surface area contributed by atoms with Crippen LogP contribution in [0.2, 0.25) is 0 Å². The van der Waals surface area contributed by atoms with Crippen molar-refractivity contribution in [1.82, 2.24) is 0 Å². The molecule has 4 nitrogen and oxygen atoms in total. The molecule has 1 atom stereocenters. The highest BCUT2D eigenvalue weighted by Crippen LogP contribution is 2.22. The third-order valence-corrected chi connectivity index (χ3v) is 4.10. The Morgan fingerprint density at radius 2 is 1.60 bits per heavy atom. The maximum atomic E-state index is 12.4. The van der Waals surface area contributed by atoms with E-state index in [1.807, 2.05) is 39.8 Å². The van der Waals surface area contributed by atoms with Gasteiger partial charge in [-0.05, 0) is 63.1 Å². The fraction of sp³-hybridized carbons (Fsp3) is 0.333. The molecule has 0 fully saturated rings. The summed E-state index contributed by atoms with van der Waals surface area (Å²) in [7, 11) is 0. The van der Waals surface area contributed by atoms with Gasteiger partial charge in [-0.15, -0.1) is 0 Å². The number of carbonyl (C=O) groups is 2. The normalized spacial score (nSPS) is 11.7. The molecule has 0 radical (unpaired) electrons. The lowest BCUT2D eigenvalue weighted by molar-refractivity contribution is -0.122. The number of ether oxygens (including phenoxy) is 1. The van der Waals surface area contributed by atoms with Gasteiger partial charge >= 0.3 is 0 Å². The van der Waals surface area contributed by atoms with Gasteiger partial charge in [0.2, 0.25) is 0 Å². The predicted molar refractivity (Wildman–Crippen MR) is 100 cm³/mol. The van der Waals surface area contributed by atoms with Gasteiger partial charge in [-0.25, -0.2) is 0 Å². The van der Waals surface area contributed by atoms with Gasteiger partial charge in [0.1, 0.15) is 5.75 Å². The van der Waals surface area contributed by atoms with Crippen LogP contribution in [0.4, 0.5) is 5.69 Å². The lowest BCUT2D eigenvalue weighted by Crippen LogP contribution is -2.30. The van der Waals surface area contributed by atoms with Crippen molar-refractivity contribution in [3.63, 3.8) is 0 Å². The Hall–Kier alpha value is -2.62. The Morgan fingerprint density at radius 3 is 2.12 bits per heavy atom. The number of anilines is 1. The molecule has 0 bridgehead atoms. The first kappa shape index (κ1) is 18.7. The SMILES string of the molecule is CCC(=O)c1ccc(O[C@H](C)C(=O)Nc2c(C)cc(C)cc2C)cc1. The van der Waals surface area contributed by atoms with Gasteiger partial charge in [0, 0.05) is 17.7 Å². The van der Waals surface area contributed by atoms with Crippen LogP contribution in [-0.2, 0) is 4.79 Å². The average Bonchev–Trinajstić information content (AvgIpc) is 2.57. The minimum atomic E-state index is -0.646. The summed E-state index contributed by atoms with van der Waals surface area (Å²) in [4.78, 5) is 24.1. The Kier molecular flexibility index (Phi) is 5.97. The van der Waals surface area contributed by atoms with E-state index in [9.17, 15) is 9.59 Å². The molecule has 0 unspecified atom stereocenters. The van der Waals surface area contributed by atoms with Gasteiger partial charge in [0.05, 0.1) is 0 Å². The van der Waals surface area contributed by atoms with Crippen LogP contribution in [0, 0.1) is 20.8 Å². The van der Waals surface area contributed by atoms with Crippen LogP contribution >= 0.6 is 0 Å². The van der Waals surface area contributed by atoms with E-state index < -0.39 is 6.10 Å². The highest BCUT2D eigenvalue weighted by Gasteiger charge is 2.17. The lowest BCUT2D eigenvalue weighted by Gasteiger charge is -2.17. The first-order valence-corrected chi connectivity index (χ1v) is 8.50. The Balaban J connectivity index is 2.04. The maximum absolute atomic E-state index is 12.4. The molecule has 0 spiro atoms. The second-order valence-electron chi connectivity index (χ2n) is 6.32. The molecule has 1 N–H and O–H groups in total. The molecule has 0 aliphatic rings. The fourth-order valence-electron chi connectivity index (χ4n) is 2.78. The molecule has 132 valence electrons. The topological polar surface area (TPSA) is 55.4 Å². The van der Waals surface area contributed by atoms with E-state index in [2.05, 4.69) is 5.32 Å². The molecule has 0 saturated carbocycles. The monoisotopic (exact) mass is 339 g/mol. The van der Waals surface area contributed by atoms with Crippen molar-refractivity contribution in [2.45, 2.75) is 47.1 Å². The number of hydrogen-bond acceptors (Lipinski definition) is 3. The molecule has 0 aromatic heterocycles. The highest BCUT2D eigenvalue weighted by atomic mass is 16.5. The van der Waals surface area contributed by atoms with Gasteiger partial charge in [0.25, 0.3) is 5.91 Å². The zero-order valence-electron chi connectivity index (χ0n) is 15.5. The molecule has 4 heteroatoms. The Labute approximate surface area is 149 Å². The van der Waals surface area contributed by atoms with Crippen LogP contribution in [0.1, 0.15) is 47.3 Å². The average molecular weight is 339 g/mol. The summed E-state index contributed by atoms with van der Waals surface area (Å²) in [5, 5.41) is 2.95. The second-order valence-corrected chi connectivity index (χ2v) is 6.32. The van der Waals surface area contributed by atoms with Crippen LogP contribution in [0.5, 0.6) is 5.75 Å². The number of hydrogen-bond donors (Lipinski definition) is 1. The number of Topliss-reactive ketones (excluding diaryl/α,β-unsaturated/α-hetero) is 1. The Morgan fingerprint density at radius 1 is 1.04 bits per heavy atom. The lowest BCUT2D eigenvalue weighted by atomic mass is 10.0. The van der Waals surface area contributed by atoms with Crippen LogP contribution in [0.3, 0.4) is 0 Å². The first-order chi connectivity index (χ1) is 11.8. The van der Waals surface area contributed by atoms with Crippen molar-refractivity contribution in [1.29, 1.82) is 0 Å². The summed E-state index contributed by atoms with van der Waals surface area (Å²) in [6.07, 6.45) is -0.179. The van der Waals surface area contributed by atoms with Crippen LogP contribution in [0.15, 0.2) is 36.4 Å². The number of rotatable bonds is 6. The van der Waals surface area contributed by atoms with Crippen LogP contribution in [-0.4, -0.2) is 17.8 Å². The summed E-state index contributed by atoms with van der Waals surface area (Å²) >= 11 is 0. The van der Waals surface area contributed by atoms with E-state index in [1.54, 1.807) is 31.2 Å². The minimum absolute atomic E-state index is 0.0858. The third kappa shape index (κ3) is 4.69. The number of amides is 1. The maximum Gasteiger partial charge on any atom is 0.265 e. The predicted octanol–water partition coefficient (Wildman–Crippen LogP) is 4.61. The van der Waals surface area contributed by atoms with E-state index in [1.165, 1.54) is 5.56 Å². The molecule has 2 rings (SSSR count). The second kappa shape index (κ2) is 7.97. The largest absolute Gasteiger partial charge is 0.481 e. The van der Waals surface area contributed by atoms with Crippen LogP contribution in [0.25, 0.3) is 0 Å². The quantitative estimate of drug-likeness (QED) is 0.782. The van der Waals surface area contributed by atoms with E-state index in [4.69, 9.17) is 4.74 Å². The van der Waals surface area contributed by atoms with E-state index in [-0.39, 0.29) is 11.7 Å². The van der Waals surface area contributed by atoms with Crippen molar-refractivity contribution < 1.29 is 14.3 Å². The number of carbonyl (C=O) groups excluding carboxylic acids is 2. The van der Waals surface area contributed by atoms with Gasteiger partial charge in [-0.1, -0.05) is 24.6 Å². The zero-order chi connectivity index (χ0) is 18.6. The minimum Gasteiger partial charge on any atom is -0.481 e. The molecule has 25 heavy (non-hydrogen) atoms. The summed E-state index contributed by atoms with van der Waals surface area (Å²) in [5.74, 6) is 0.444. The molecular formula is C21H25NO3. The van der Waals surface area contributed by atoms with Crippen molar-refractivity contribution in [3.8, 4) is 5.75 Å². The smallest absolute Gasteiger partial charge is 0.265 e. The molecule has 0 aliphatic heterocycles. The van der Waals surface area contributed by atoms with Crippen molar-refractivity contribution in [2.75, 3.05) is 5.32 Å². The van der Waals surface area contributed by atoms with Gasteiger partial charge < -0.3 is 10.1 Å². The summed E-state index contributed by atoms with van der Waals surface area (Å²) in [6, 6.07) is 11.0. The molecule has 2 aromatic rings. The van der Waals surface area contributed by atoms with Crippen molar-refractivity contribution >= 4 is 17.4 Å².